The molecule has 0 bridgehead atoms. The Kier molecular flexibility index (Phi) is 5.47. The molecular weight excluding hydrogens is 274 g/mol. The van der Waals surface area contributed by atoms with Crippen molar-refractivity contribution in [3.05, 3.63) is 35.9 Å². The molecule has 1 fully saturated rings. The van der Waals surface area contributed by atoms with E-state index in [2.05, 4.69) is 5.32 Å². The Morgan fingerprint density at radius 2 is 2.10 bits per heavy atom. The highest BCUT2D eigenvalue weighted by Gasteiger charge is 2.26. The molecule has 1 aromatic carbocycles. The summed E-state index contributed by atoms with van der Waals surface area (Å²) in [5.74, 6) is 0.227. The number of carbonyl (C=O) groups is 2. The summed E-state index contributed by atoms with van der Waals surface area (Å²) in [6.45, 7) is 0. The number of hydrogen-bond donors (Lipinski definition) is 2. The normalized spacial score (nSPS) is 19.5. The minimum Gasteiger partial charge on any atom is -0.481 e. The molecule has 2 N–H and O–H groups in total. The Morgan fingerprint density at radius 1 is 1.35 bits per heavy atom. The van der Waals surface area contributed by atoms with Gasteiger partial charge in [-0.05, 0) is 30.6 Å². The highest BCUT2D eigenvalue weighted by molar-refractivity contribution is 8.00. The fraction of sp³-hybridized carbons (Fsp3) is 0.467. The fourth-order valence-electron chi connectivity index (χ4n) is 2.32. The molecule has 1 amide bonds. The molecule has 0 radical (unpaired) electrons. The van der Waals surface area contributed by atoms with Crippen LogP contribution in [0.25, 0.3) is 0 Å². The van der Waals surface area contributed by atoms with E-state index in [1.54, 1.807) is 11.8 Å². The van der Waals surface area contributed by atoms with Gasteiger partial charge in [0.05, 0.1) is 11.3 Å². The van der Waals surface area contributed by atoms with Gasteiger partial charge in [-0.2, -0.15) is 0 Å². The minimum atomic E-state index is -0.838. The van der Waals surface area contributed by atoms with Crippen LogP contribution < -0.4 is 5.32 Å². The van der Waals surface area contributed by atoms with Crippen molar-refractivity contribution in [2.45, 2.75) is 37.0 Å². The molecule has 0 saturated carbocycles. The van der Waals surface area contributed by atoms with Crippen molar-refractivity contribution in [3.8, 4) is 0 Å². The van der Waals surface area contributed by atoms with E-state index < -0.39 is 5.97 Å². The summed E-state index contributed by atoms with van der Waals surface area (Å²) in [6.07, 6.45) is 2.46. The number of carboxylic acids is 1. The van der Waals surface area contributed by atoms with Gasteiger partial charge in [-0.3, -0.25) is 9.59 Å². The Morgan fingerprint density at radius 3 is 2.70 bits per heavy atom. The SMILES string of the molecule is O=C(O)CCC(NC(=O)C1CCCS1)c1ccccc1. The van der Waals surface area contributed by atoms with E-state index in [1.165, 1.54) is 0 Å². The zero-order chi connectivity index (χ0) is 14.4. The number of rotatable bonds is 6. The Bertz CT molecular complexity index is 457. The van der Waals surface area contributed by atoms with Gasteiger partial charge in [0.1, 0.15) is 0 Å². The first-order valence-electron chi connectivity index (χ1n) is 6.85. The number of carbonyl (C=O) groups excluding carboxylic acids is 1. The molecule has 2 rings (SSSR count). The second-order valence-electron chi connectivity index (χ2n) is 4.91. The third kappa shape index (κ3) is 4.27. The molecule has 20 heavy (non-hydrogen) atoms. The number of hydrogen-bond acceptors (Lipinski definition) is 3. The van der Waals surface area contributed by atoms with E-state index in [4.69, 9.17) is 5.11 Å². The molecule has 2 unspecified atom stereocenters. The zero-order valence-electron chi connectivity index (χ0n) is 11.2. The van der Waals surface area contributed by atoms with Gasteiger partial charge in [0.15, 0.2) is 0 Å². The molecule has 0 aliphatic carbocycles. The second-order valence-corrected chi connectivity index (χ2v) is 6.22. The van der Waals surface area contributed by atoms with E-state index in [0.29, 0.717) is 6.42 Å². The molecule has 1 aromatic rings. The van der Waals surface area contributed by atoms with E-state index in [9.17, 15) is 9.59 Å². The van der Waals surface area contributed by atoms with E-state index >= 15 is 0 Å². The van der Waals surface area contributed by atoms with Gasteiger partial charge in [0.2, 0.25) is 5.91 Å². The Balaban J connectivity index is 2.01. The molecular formula is C15H19NO3S. The Hall–Kier alpha value is -1.49. The van der Waals surface area contributed by atoms with Gasteiger partial charge < -0.3 is 10.4 Å². The smallest absolute Gasteiger partial charge is 0.303 e. The summed E-state index contributed by atoms with van der Waals surface area (Å²) in [5.41, 5.74) is 0.963. The average Bonchev–Trinajstić information content (AvgIpc) is 2.98. The van der Waals surface area contributed by atoms with Crippen molar-refractivity contribution < 1.29 is 14.7 Å². The maximum Gasteiger partial charge on any atom is 0.303 e. The summed E-state index contributed by atoms with van der Waals surface area (Å²) in [6, 6.07) is 9.34. The lowest BCUT2D eigenvalue weighted by Gasteiger charge is -2.20. The fourth-order valence-corrected chi connectivity index (χ4v) is 3.50. The highest BCUT2D eigenvalue weighted by atomic mass is 32.2. The van der Waals surface area contributed by atoms with Gasteiger partial charge in [0, 0.05) is 6.42 Å². The first-order valence-corrected chi connectivity index (χ1v) is 7.90. The van der Waals surface area contributed by atoms with Crippen molar-refractivity contribution >= 4 is 23.6 Å². The summed E-state index contributed by atoms with van der Waals surface area (Å²) >= 11 is 1.68. The van der Waals surface area contributed by atoms with Crippen LogP contribution in [0.5, 0.6) is 0 Å². The lowest BCUT2D eigenvalue weighted by molar-refractivity contribution is -0.137. The number of amides is 1. The van der Waals surface area contributed by atoms with E-state index in [-0.39, 0.29) is 23.6 Å². The Labute approximate surface area is 123 Å². The molecule has 1 aliphatic rings. The molecule has 0 spiro atoms. The lowest BCUT2D eigenvalue weighted by atomic mass is 10.0. The molecule has 1 heterocycles. The van der Waals surface area contributed by atoms with Gasteiger partial charge in [-0.25, -0.2) is 0 Å². The molecule has 4 nitrogen and oxygen atoms in total. The first-order chi connectivity index (χ1) is 9.66. The number of thioether (sulfide) groups is 1. The van der Waals surface area contributed by atoms with Gasteiger partial charge in [-0.15, -0.1) is 11.8 Å². The van der Waals surface area contributed by atoms with Crippen LogP contribution >= 0.6 is 11.8 Å². The van der Waals surface area contributed by atoms with Gasteiger partial charge in [0.25, 0.3) is 0 Å². The van der Waals surface area contributed by atoms with Gasteiger partial charge in [-0.1, -0.05) is 30.3 Å². The van der Waals surface area contributed by atoms with Crippen LogP contribution in [-0.2, 0) is 9.59 Å². The molecule has 5 heteroatoms. The number of carboxylic acid groups (broad SMARTS) is 1. The van der Waals surface area contributed by atoms with Crippen molar-refractivity contribution in [2.24, 2.45) is 0 Å². The molecule has 1 saturated heterocycles. The monoisotopic (exact) mass is 293 g/mol. The van der Waals surface area contributed by atoms with Crippen LogP contribution in [-0.4, -0.2) is 28.0 Å². The maximum atomic E-state index is 12.2. The van der Waals surface area contributed by atoms with Crippen molar-refractivity contribution in [2.75, 3.05) is 5.75 Å². The van der Waals surface area contributed by atoms with E-state index in [0.717, 1.165) is 24.2 Å². The number of benzene rings is 1. The third-order valence-electron chi connectivity index (χ3n) is 3.39. The predicted octanol–water partition coefficient (Wildman–Crippen LogP) is 2.60. The van der Waals surface area contributed by atoms with Crippen molar-refractivity contribution in [3.63, 3.8) is 0 Å². The molecule has 2 atom stereocenters. The predicted molar refractivity (Wildman–Crippen MR) is 79.7 cm³/mol. The van der Waals surface area contributed by atoms with Gasteiger partial charge >= 0.3 is 5.97 Å². The van der Waals surface area contributed by atoms with Crippen molar-refractivity contribution in [1.29, 1.82) is 0 Å². The quantitative estimate of drug-likeness (QED) is 0.846. The number of aliphatic carboxylic acids is 1. The summed E-state index contributed by atoms with van der Waals surface area (Å²) in [5, 5.41) is 11.9. The van der Waals surface area contributed by atoms with Crippen LogP contribution in [0, 0.1) is 0 Å². The standard InChI is InChI=1S/C15H19NO3S/c17-14(18)9-8-12(11-5-2-1-3-6-11)16-15(19)13-7-4-10-20-13/h1-3,5-6,12-13H,4,7-10H2,(H,16,19)(H,17,18). The van der Waals surface area contributed by atoms with Crippen LogP contribution in [0.1, 0.15) is 37.3 Å². The third-order valence-corrected chi connectivity index (χ3v) is 4.76. The van der Waals surface area contributed by atoms with Crippen LogP contribution in [0.3, 0.4) is 0 Å². The van der Waals surface area contributed by atoms with Crippen LogP contribution in [0.2, 0.25) is 0 Å². The summed E-state index contributed by atoms with van der Waals surface area (Å²) < 4.78 is 0. The molecule has 1 aliphatic heterocycles. The topological polar surface area (TPSA) is 66.4 Å². The zero-order valence-corrected chi connectivity index (χ0v) is 12.1. The maximum absolute atomic E-state index is 12.2. The number of nitrogens with one attached hydrogen (secondary N) is 1. The second kappa shape index (κ2) is 7.33. The minimum absolute atomic E-state index is 0.0195. The average molecular weight is 293 g/mol. The first kappa shape index (κ1) is 14.9. The van der Waals surface area contributed by atoms with Crippen molar-refractivity contribution in [1.82, 2.24) is 5.32 Å². The lowest BCUT2D eigenvalue weighted by Crippen LogP contribution is -2.35. The molecule has 108 valence electrons. The summed E-state index contributed by atoms with van der Waals surface area (Å²) in [4.78, 5) is 23.0. The summed E-state index contributed by atoms with van der Waals surface area (Å²) in [7, 11) is 0. The van der Waals surface area contributed by atoms with E-state index in [1.807, 2.05) is 30.3 Å². The largest absolute Gasteiger partial charge is 0.481 e. The van der Waals surface area contributed by atoms with Crippen LogP contribution in [0.15, 0.2) is 30.3 Å². The molecule has 0 aromatic heterocycles. The highest BCUT2D eigenvalue weighted by Crippen LogP contribution is 2.27. The van der Waals surface area contributed by atoms with Crippen LogP contribution in [0.4, 0.5) is 0 Å².